The summed E-state index contributed by atoms with van der Waals surface area (Å²) in [6.07, 6.45) is 6.13. The topological polar surface area (TPSA) is 52.3 Å². The number of carbonyl (C=O) groups is 1. The molecule has 0 saturated heterocycles. The molecule has 0 heterocycles. The average molecular weight is 227 g/mol. The van der Waals surface area contributed by atoms with Gasteiger partial charge >= 0.3 is 5.97 Å². The molecule has 0 aliphatic heterocycles. The SMILES string of the molecule is CC(C)(C)OC(=O)C1(CCCCN)CCC1. The number of rotatable bonds is 5. The largest absolute Gasteiger partial charge is 0.460 e. The molecule has 0 unspecified atom stereocenters. The third kappa shape index (κ3) is 3.48. The number of unbranched alkanes of at least 4 members (excludes halogenated alkanes) is 1. The van der Waals surface area contributed by atoms with Gasteiger partial charge in [0.05, 0.1) is 5.41 Å². The van der Waals surface area contributed by atoms with Gasteiger partial charge in [0.1, 0.15) is 5.60 Å². The fourth-order valence-electron chi connectivity index (χ4n) is 2.15. The summed E-state index contributed by atoms with van der Waals surface area (Å²) in [5.74, 6) is 0.00303. The fraction of sp³-hybridized carbons (Fsp3) is 0.923. The van der Waals surface area contributed by atoms with Crippen molar-refractivity contribution in [2.75, 3.05) is 6.54 Å². The van der Waals surface area contributed by atoms with Crippen LogP contribution < -0.4 is 5.73 Å². The highest BCUT2D eigenvalue weighted by atomic mass is 16.6. The smallest absolute Gasteiger partial charge is 0.312 e. The Morgan fingerprint density at radius 2 is 1.94 bits per heavy atom. The number of carbonyl (C=O) groups excluding carboxylic acids is 1. The molecule has 0 atom stereocenters. The number of esters is 1. The Morgan fingerprint density at radius 1 is 1.31 bits per heavy atom. The highest BCUT2D eigenvalue weighted by Crippen LogP contribution is 2.46. The van der Waals surface area contributed by atoms with Crippen LogP contribution in [0.5, 0.6) is 0 Å². The van der Waals surface area contributed by atoms with Crippen LogP contribution in [-0.4, -0.2) is 18.1 Å². The molecule has 1 rings (SSSR count). The molecule has 0 radical (unpaired) electrons. The summed E-state index contributed by atoms with van der Waals surface area (Å²) in [7, 11) is 0. The summed E-state index contributed by atoms with van der Waals surface area (Å²) in [5, 5.41) is 0. The van der Waals surface area contributed by atoms with Crippen LogP contribution in [0.1, 0.15) is 59.3 Å². The standard InChI is InChI=1S/C13H25NO2/c1-12(2,3)16-11(15)13(8-6-9-13)7-4-5-10-14/h4-10,14H2,1-3H3. The lowest BCUT2D eigenvalue weighted by Crippen LogP contribution is -2.42. The van der Waals surface area contributed by atoms with Gasteiger partial charge < -0.3 is 10.5 Å². The molecule has 0 bridgehead atoms. The van der Waals surface area contributed by atoms with Crippen molar-refractivity contribution < 1.29 is 9.53 Å². The zero-order valence-corrected chi connectivity index (χ0v) is 10.8. The van der Waals surface area contributed by atoms with Crippen molar-refractivity contribution >= 4 is 5.97 Å². The second-order valence-corrected chi connectivity index (χ2v) is 5.88. The molecule has 1 fully saturated rings. The van der Waals surface area contributed by atoms with Gasteiger partial charge in [0, 0.05) is 0 Å². The van der Waals surface area contributed by atoms with Gasteiger partial charge in [0.25, 0.3) is 0 Å². The third-order valence-corrected chi connectivity index (χ3v) is 3.25. The zero-order chi connectivity index (χ0) is 12.2. The van der Waals surface area contributed by atoms with E-state index >= 15 is 0 Å². The van der Waals surface area contributed by atoms with E-state index in [9.17, 15) is 4.79 Å². The maximum atomic E-state index is 12.1. The van der Waals surface area contributed by atoms with Gasteiger partial charge in [-0.1, -0.05) is 12.8 Å². The molecule has 2 N–H and O–H groups in total. The van der Waals surface area contributed by atoms with Crippen LogP contribution in [0.2, 0.25) is 0 Å². The lowest BCUT2D eigenvalue weighted by molar-refractivity contribution is -0.174. The van der Waals surface area contributed by atoms with Gasteiger partial charge in [-0.25, -0.2) is 0 Å². The molecular weight excluding hydrogens is 202 g/mol. The molecule has 0 aromatic rings. The maximum Gasteiger partial charge on any atom is 0.312 e. The molecule has 0 aromatic heterocycles. The van der Waals surface area contributed by atoms with Crippen molar-refractivity contribution in [1.29, 1.82) is 0 Å². The Hall–Kier alpha value is -0.570. The summed E-state index contributed by atoms with van der Waals surface area (Å²) in [6, 6.07) is 0. The summed E-state index contributed by atoms with van der Waals surface area (Å²) in [6.45, 7) is 6.50. The summed E-state index contributed by atoms with van der Waals surface area (Å²) in [5.41, 5.74) is 4.93. The summed E-state index contributed by atoms with van der Waals surface area (Å²) in [4.78, 5) is 12.1. The summed E-state index contributed by atoms with van der Waals surface area (Å²) < 4.78 is 5.51. The van der Waals surface area contributed by atoms with Gasteiger partial charge in [-0.05, 0) is 53.0 Å². The lowest BCUT2D eigenvalue weighted by atomic mass is 9.66. The quantitative estimate of drug-likeness (QED) is 0.580. The first-order chi connectivity index (χ1) is 7.40. The second kappa shape index (κ2) is 5.17. The molecule has 3 nitrogen and oxygen atoms in total. The van der Waals surface area contributed by atoms with E-state index in [1.165, 1.54) is 0 Å². The van der Waals surface area contributed by atoms with Crippen molar-refractivity contribution in [3.8, 4) is 0 Å². The van der Waals surface area contributed by atoms with Crippen LogP contribution in [0.15, 0.2) is 0 Å². The minimum Gasteiger partial charge on any atom is -0.460 e. The Balaban J connectivity index is 2.48. The van der Waals surface area contributed by atoms with Crippen molar-refractivity contribution in [2.24, 2.45) is 11.1 Å². The highest BCUT2D eigenvalue weighted by molar-refractivity contribution is 5.78. The van der Waals surface area contributed by atoms with Crippen molar-refractivity contribution in [3.63, 3.8) is 0 Å². The molecule has 94 valence electrons. The Bertz CT molecular complexity index is 239. The normalized spacial score (nSPS) is 19.0. The zero-order valence-electron chi connectivity index (χ0n) is 10.8. The van der Waals surface area contributed by atoms with Gasteiger partial charge in [0.2, 0.25) is 0 Å². The van der Waals surface area contributed by atoms with E-state index in [1.54, 1.807) is 0 Å². The minimum absolute atomic E-state index is 0.00303. The molecule has 3 heteroatoms. The number of hydrogen-bond donors (Lipinski definition) is 1. The van der Waals surface area contributed by atoms with Gasteiger partial charge in [-0.15, -0.1) is 0 Å². The van der Waals surface area contributed by atoms with E-state index in [0.717, 1.165) is 38.5 Å². The van der Waals surface area contributed by atoms with Crippen LogP contribution in [-0.2, 0) is 9.53 Å². The van der Waals surface area contributed by atoms with Crippen molar-refractivity contribution in [3.05, 3.63) is 0 Å². The van der Waals surface area contributed by atoms with E-state index in [2.05, 4.69) is 0 Å². The number of nitrogens with two attached hydrogens (primary N) is 1. The van der Waals surface area contributed by atoms with E-state index in [0.29, 0.717) is 6.54 Å². The Morgan fingerprint density at radius 3 is 2.31 bits per heavy atom. The molecular formula is C13H25NO2. The van der Waals surface area contributed by atoms with E-state index < -0.39 is 0 Å². The molecule has 1 aliphatic rings. The van der Waals surface area contributed by atoms with Gasteiger partial charge in [-0.3, -0.25) is 4.79 Å². The molecule has 1 aliphatic carbocycles. The molecule has 1 saturated carbocycles. The predicted molar refractivity (Wildman–Crippen MR) is 65.0 cm³/mol. The van der Waals surface area contributed by atoms with Crippen LogP contribution in [0.3, 0.4) is 0 Å². The van der Waals surface area contributed by atoms with E-state index in [1.807, 2.05) is 20.8 Å². The first-order valence-corrected chi connectivity index (χ1v) is 6.33. The summed E-state index contributed by atoms with van der Waals surface area (Å²) >= 11 is 0. The second-order valence-electron chi connectivity index (χ2n) is 5.88. The molecule has 0 aromatic carbocycles. The van der Waals surface area contributed by atoms with Crippen LogP contribution in [0.4, 0.5) is 0 Å². The Kier molecular flexibility index (Phi) is 4.36. The minimum atomic E-state index is -0.368. The average Bonchev–Trinajstić information content (AvgIpc) is 2.06. The van der Waals surface area contributed by atoms with E-state index in [-0.39, 0.29) is 17.0 Å². The fourth-order valence-corrected chi connectivity index (χ4v) is 2.15. The van der Waals surface area contributed by atoms with E-state index in [4.69, 9.17) is 10.5 Å². The monoisotopic (exact) mass is 227 g/mol. The predicted octanol–water partition coefficient (Wildman–Crippen LogP) is 2.63. The highest BCUT2D eigenvalue weighted by Gasteiger charge is 2.45. The number of hydrogen-bond acceptors (Lipinski definition) is 3. The van der Waals surface area contributed by atoms with Crippen LogP contribution >= 0.6 is 0 Å². The molecule has 0 spiro atoms. The molecule has 0 amide bonds. The van der Waals surface area contributed by atoms with Crippen molar-refractivity contribution in [1.82, 2.24) is 0 Å². The van der Waals surface area contributed by atoms with Crippen LogP contribution in [0.25, 0.3) is 0 Å². The maximum absolute atomic E-state index is 12.1. The lowest BCUT2D eigenvalue weighted by Gasteiger charge is -2.41. The van der Waals surface area contributed by atoms with Gasteiger partial charge in [-0.2, -0.15) is 0 Å². The first-order valence-electron chi connectivity index (χ1n) is 6.33. The Labute approximate surface area is 98.7 Å². The third-order valence-electron chi connectivity index (χ3n) is 3.25. The van der Waals surface area contributed by atoms with Crippen molar-refractivity contribution in [2.45, 2.75) is 64.9 Å². The van der Waals surface area contributed by atoms with Gasteiger partial charge in [0.15, 0.2) is 0 Å². The molecule has 16 heavy (non-hydrogen) atoms. The van der Waals surface area contributed by atoms with Crippen LogP contribution in [0, 0.1) is 5.41 Å². The number of ether oxygens (including phenoxy) is 1. The first kappa shape index (κ1) is 13.5.